The predicted octanol–water partition coefficient (Wildman–Crippen LogP) is 4.42. The summed E-state index contributed by atoms with van der Waals surface area (Å²) in [5, 5.41) is 3.36. The van der Waals surface area contributed by atoms with E-state index in [1.54, 1.807) is 18.2 Å². The van der Waals surface area contributed by atoms with Gasteiger partial charge < -0.3 is 10.1 Å². The minimum atomic E-state index is -0.427. The van der Waals surface area contributed by atoms with Crippen LogP contribution in [0.4, 0.5) is 5.00 Å². The van der Waals surface area contributed by atoms with Crippen molar-refractivity contribution in [3.05, 3.63) is 50.3 Å². The number of benzene rings is 1. The van der Waals surface area contributed by atoms with E-state index in [1.807, 2.05) is 19.9 Å². The van der Waals surface area contributed by atoms with E-state index in [0.29, 0.717) is 27.0 Å². The van der Waals surface area contributed by atoms with Crippen molar-refractivity contribution in [2.75, 3.05) is 12.4 Å². The SMILES string of the molecule is CCc1c(C)sc(NC(=O)c2ccccc2Br)c1C(=O)OC. The normalized spacial score (nSPS) is 10.4. The maximum absolute atomic E-state index is 12.4. The lowest BCUT2D eigenvalue weighted by Gasteiger charge is -2.08. The van der Waals surface area contributed by atoms with Crippen molar-refractivity contribution in [2.24, 2.45) is 0 Å². The molecule has 0 radical (unpaired) electrons. The number of carbonyl (C=O) groups excluding carboxylic acids is 2. The van der Waals surface area contributed by atoms with Gasteiger partial charge in [0.25, 0.3) is 5.91 Å². The molecule has 2 rings (SSSR count). The van der Waals surface area contributed by atoms with Gasteiger partial charge in [0.05, 0.1) is 18.2 Å². The molecule has 0 saturated heterocycles. The number of thiophene rings is 1. The quantitative estimate of drug-likeness (QED) is 0.797. The zero-order valence-corrected chi connectivity index (χ0v) is 14.9. The molecule has 0 aliphatic carbocycles. The van der Waals surface area contributed by atoms with Gasteiger partial charge in [0, 0.05) is 9.35 Å². The molecule has 2 aromatic rings. The van der Waals surface area contributed by atoms with Crippen LogP contribution in [-0.2, 0) is 11.2 Å². The van der Waals surface area contributed by atoms with Gasteiger partial charge in [-0.1, -0.05) is 19.1 Å². The molecule has 0 bridgehead atoms. The van der Waals surface area contributed by atoms with Crippen molar-refractivity contribution in [3.8, 4) is 0 Å². The number of amides is 1. The number of hydrogen-bond acceptors (Lipinski definition) is 4. The van der Waals surface area contributed by atoms with Crippen LogP contribution in [-0.4, -0.2) is 19.0 Å². The molecule has 1 heterocycles. The molecule has 6 heteroatoms. The van der Waals surface area contributed by atoms with Crippen molar-refractivity contribution < 1.29 is 14.3 Å². The summed E-state index contributed by atoms with van der Waals surface area (Å²) in [4.78, 5) is 25.5. The monoisotopic (exact) mass is 381 g/mol. The largest absolute Gasteiger partial charge is 0.465 e. The van der Waals surface area contributed by atoms with E-state index in [4.69, 9.17) is 4.74 Å². The zero-order chi connectivity index (χ0) is 16.3. The van der Waals surface area contributed by atoms with Crippen LogP contribution in [0.15, 0.2) is 28.7 Å². The molecule has 0 aliphatic heterocycles. The van der Waals surface area contributed by atoms with E-state index in [-0.39, 0.29) is 5.91 Å². The van der Waals surface area contributed by atoms with Gasteiger partial charge in [-0.05, 0) is 47.0 Å². The van der Waals surface area contributed by atoms with Gasteiger partial charge in [0.15, 0.2) is 0 Å². The molecule has 0 aliphatic rings. The smallest absolute Gasteiger partial charge is 0.341 e. The number of carbonyl (C=O) groups is 2. The average Bonchev–Trinajstić information content (AvgIpc) is 2.82. The van der Waals surface area contributed by atoms with Crippen LogP contribution < -0.4 is 5.32 Å². The Hall–Kier alpha value is -1.66. The van der Waals surface area contributed by atoms with E-state index in [9.17, 15) is 9.59 Å². The second kappa shape index (κ2) is 7.07. The van der Waals surface area contributed by atoms with Gasteiger partial charge in [0.2, 0.25) is 0 Å². The highest BCUT2D eigenvalue weighted by molar-refractivity contribution is 9.10. The number of esters is 1. The number of ether oxygens (including phenoxy) is 1. The highest BCUT2D eigenvalue weighted by atomic mass is 79.9. The number of methoxy groups -OCH3 is 1. The van der Waals surface area contributed by atoms with Crippen LogP contribution in [0.25, 0.3) is 0 Å². The summed E-state index contributed by atoms with van der Waals surface area (Å²) in [5.41, 5.74) is 1.88. The molecular weight excluding hydrogens is 366 g/mol. The first-order chi connectivity index (χ1) is 10.5. The number of rotatable bonds is 4. The summed E-state index contributed by atoms with van der Waals surface area (Å²) in [7, 11) is 1.34. The number of hydrogen-bond donors (Lipinski definition) is 1. The Balaban J connectivity index is 2.40. The van der Waals surface area contributed by atoms with Crippen LogP contribution >= 0.6 is 27.3 Å². The summed E-state index contributed by atoms with van der Waals surface area (Å²) in [6, 6.07) is 7.15. The molecule has 0 atom stereocenters. The maximum atomic E-state index is 12.4. The Morgan fingerprint density at radius 3 is 2.59 bits per heavy atom. The second-order valence-corrected chi connectivity index (χ2v) is 6.70. The van der Waals surface area contributed by atoms with Crippen LogP contribution in [0.1, 0.15) is 38.1 Å². The van der Waals surface area contributed by atoms with Crippen LogP contribution in [0.3, 0.4) is 0 Å². The minimum Gasteiger partial charge on any atom is -0.465 e. The van der Waals surface area contributed by atoms with Gasteiger partial charge in [-0.2, -0.15) is 0 Å². The van der Waals surface area contributed by atoms with E-state index >= 15 is 0 Å². The van der Waals surface area contributed by atoms with Crippen molar-refractivity contribution in [3.63, 3.8) is 0 Å². The number of anilines is 1. The first-order valence-corrected chi connectivity index (χ1v) is 8.37. The maximum Gasteiger partial charge on any atom is 0.341 e. The highest BCUT2D eigenvalue weighted by Crippen LogP contribution is 2.34. The molecule has 0 spiro atoms. The lowest BCUT2D eigenvalue weighted by Crippen LogP contribution is -2.15. The summed E-state index contributed by atoms with van der Waals surface area (Å²) < 4.78 is 5.56. The minimum absolute atomic E-state index is 0.262. The van der Waals surface area contributed by atoms with Gasteiger partial charge in [-0.3, -0.25) is 4.79 Å². The van der Waals surface area contributed by atoms with E-state index < -0.39 is 5.97 Å². The van der Waals surface area contributed by atoms with Crippen LogP contribution in [0.2, 0.25) is 0 Å². The molecule has 116 valence electrons. The topological polar surface area (TPSA) is 55.4 Å². The van der Waals surface area contributed by atoms with Gasteiger partial charge >= 0.3 is 5.97 Å². The van der Waals surface area contributed by atoms with E-state index in [0.717, 1.165) is 10.4 Å². The fourth-order valence-electron chi connectivity index (χ4n) is 2.23. The highest BCUT2D eigenvalue weighted by Gasteiger charge is 2.23. The fraction of sp³-hybridized carbons (Fsp3) is 0.250. The Morgan fingerprint density at radius 2 is 2.00 bits per heavy atom. The van der Waals surface area contributed by atoms with Gasteiger partial charge in [0.1, 0.15) is 5.00 Å². The lowest BCUT2D eigenvalue weighted by atomic mass is 10.1. The third kappa shape index (κ3) is 3.23. The Bertz CT molecular complexity index is 724. The molecule has 0 unspecified atom stereocenters. The molecule has 22 heavy (non-hydrogen) atoms. The molecule has 4 nitrogen and oxygen atoms in total. The van der Waals surface area contributed by atoms with Crippen molar-refractivity contribution >= 4 is 44.1 Å². The number of aryl methyl sites for hydroxylation is 1. The van der Waals surface area contributed by atoms with Crippen molar-refractivity contribution in [1.82, 2.24) is 0 Å². The van der Waals surface area contributed by atoms with Crippen LogP contribution in [0.5, 0.6) is 0 Å². The average molecular weight is 382 g/mol. The second-order valence-electron chi connectivity index (χ2n) is 4.62. The summed E-state index contributed by atoms with van der Waals surface area (Å²) in [6.07, 6.45) is 0.706. The molecule has 1 aromatic heterocycles. The Morgan fingerprint density at radius 1 is 1.32 bits per heavy atom. The first kappa shape index (κ1) is 16.7. The molecule has 0 fully saturated rings. The third-order valence-electron chi connectivity index (χ3n) is 3.30. The van der Waals surface area contributed by atoms with E-state index in [1.165, 1.54) is 18.4 Å². The van der Waals surface area contributed by atoms with E-state index in [2.05, 4.69) is 21.2 Å². The molecular formula is C16H16BrNO3S. The fourth-order valence-corrected chi connectivity index (χ4v) is 3.82. The molecule has 1 N–H and O–H groups in total. The predicted molar refractivity (Wildman–Crippen MR) is 91.9 cm³/mol. The standard InChI is InChI=1S/C16H16BrNO3S/c1-4-10-9(2)22-15(13(10)16(20)21-3)18-14(19)11-7-5-6-8-12(11)17/h5-8H,4H2,1-3H3,(H,18,19). The van der Waals surface area contributed by atoms with Gasteiger partial charge in [-0.25, -0.2) is 4.79 Å². The van der Waals surface area contributed by atoms with Crippen molar-refractivity contribution in [1.29, 1.82) is 0 Å². The number of halogens is 1. The molecule has 1 amide bonds. The first-order valence-electron chi connectivity index (χ1n) is 6.76. The van der Waals surface area contributed by atoms with Crippen LogP contribution in [0, 0.1) is 6.92 Å². The lowest BCUT2D eigenvalue weighted by molar-refractivity contribution is 0.0601. The Labute approximate surface area is 141 Å². The summed E-state index contributed by atoms with van der Waals surface area (Å²) in [5.74, 6) is -0.690. The zero-order valence-electron chi connectivity index (χ0n) is 12.5. The summed E-state index contributed by atoms with van der Waals surface area (Å²) >= 11 is 4.75. The summed E-state index contributed by atoms with van der Waals surface area (Å²) in [6.45, 7) is 3.91. The Kier molecular flexibility index (Phi) is 5.37. The number of nitrogens with one attached hydrogen (secondary N) is 1. The van der Waals surface area contributed by atoms with Gasteiger partial charge in [-0.15, -0.1) is 11.3 Å². The third-order valence-corrected chi connectivity index (χ3v) is 5.05. The molecule has 0 saturated carbocycles. The molecule has 1 aromatic carbocycles. The van der Waals surface area contributed by atoms with Crippen molar-refractivity contribution in [2.45, 2.75) is 20.3 Å².